The zero-order valence-electron chi connectivity index (χ0n) is 17.1. The Morgan fingerprint density at radius 1 is 1.25 bits per heavy atom. The molecule has 0 atom stereocenters. The highest BCUT2D eigenvalue weighted by Crippen LogP contribution is 2.25. The normalized spacial score (nSPS) is 11.5. The number of aliphatic imine (C=N–C) groups is 1. The molecular weight excluding hydrogens is 350 g/mol. The SMILES string of the molecule is C=CNCCCCC/C(C=N)=C/Nc1cnn(/C=C\CCCCNC)c1N=C. The lowest BCUT2D eigenvalue weighted by molar-refractivity contribution is 0.658. The molecule has 0 unspecified atom stereocenters. The van der Waals surface area contributed by atoms with E-state index in [9.17, 15) is 0 Å². The summed E-state index contributed by atoms with van der Waals surface area (Å²) in [6.45, 7) is 9.28. The molecular formula is C21H35N7. The molecule has 1 aromatic heterocycles. The first-order valence-electron chi connectivity index (χ1n) is 9.92. The van der Waals surface area contributed by atoms with Crippen LogP contribution in [0.1, 0.15) is 44.9 Å². The number of nitrogens with zero attached hydrogens (tertiary/aromatic N) is 3. The Hall–Kier alpha value is -2.67. The van der Waals surface area contributed by atoms with Gasteiger partial charge in [0.25, 0.3) is 0 Å². The van der Waals surface area contributed by atoms with Crippen LogP contribution in [-0.4, -0.2) is 42.8 Å². The van der Waals surface area contributed by atoms with E-state index in [4.69, 9.17) is 5.41 Å². The molecule has 1 rings (SSSR count). The van der Waals surface area contributed by atoms with E-state index >= 15 is 0 Å². The van der Waals surface area contributed by atoms with E-state index in [1.807, 2.05) is 19.4 Å². The van der Waals surface area contributed by atoms with Crippen molar-refractivity contribution in [3.8, 4) is 0 Å². The number of hydrogen-bond donors (Lipinski definition) is 4. The van der Waals surface area contributed by atoms with E-state index in [0.717, 1.165) is 69.3 Å². The monoisotopic (exact) mass is 385 g/mol. The highest BCUT2D eigenvalue weighted by atomic mass is 15.3. The van der Waals surface area contributed by atoms with E-state index in [0.29, 0.717) is 5.82 Å². The molecule has 0 amide bonds. The van der Waals surface area contributed by atoms with Gasteiger partial charge in [0.15, 0.2) is 5.82 Å². The molecule has 154 valence electrons. The minimum Gasteiger partial charge on any atom is -0.391 e. The highest BCUT2D eigenvalue weighted by molar-refractivity contribution is 5.77. The van der Waals surface area contributed by atoms with Gasteiger partial charge in [-0.05, 0) is 70.6 Å². The van der Waals surface area contributed by atoms with E-state index in [1.54, 1.807) is 17.1 Å². The molecule has 0 aliphatic carbocycles. The Bertz CT molecular complexity index is 643. The van der Waals surface area contributed by atoms with Gasteiger partial charge in [0, 0.05) is 25.2 Å². The van der Waals surface area contributed by atoms with Crippen LogP contribution in [0, 0.1) is 5.41 Å². The van der Waals surface area contributed by atoms with Crippen LogP contribution in [0.3, 0.4) is 0 Å². The molecule has 1 heterocycles. The van der Waals surface area contributed by atoms with Crippen LogP contribution in [0.15, 0.2) is 41.8 Å². The summed E-state index contributed by atoms with van der Waals surface area (Å²) in [7, 11) is 1.97. The maximum absolute atomic E-state index is 7.60. The predicted octanol–water partition coefficient (Wildman–Crippen LogP) is 4.31. The molecule has 0 saturated carbocycles. The molecule has 0 bridgehead atoms. The van der Waals surface area contributed by atoms with Gasteiger partial charge in [0.2, 0.25) is 0 Å². The summed E-state index contributed by atoms with van der Waals surface area (Å²) >= 11 is 0. The van der Waals surface area contributed by atoms with Crippen LogP contribution in [0.25, 0.3) is 6.20 Å². The van der Waals surface area contributed by atoms with Gasteiger partial charge in [0.05, 0.1) is 6.20 Å². The van der Waals surface area contributed by atoms with Crippen LogP contribution >= 0.6 is 0 Å². The van der Waals surface area contributed by atoms with Crippen molar-refractivity contribution >= 4 is 30.6 Å². The Kier molecular flexibility index (Phi) is 12.8. The third kappa shape index (κ3) is 9.32. The Morgan fingerprint density at radius 2 is 2.07 bits per heavy atom. The van der Waals surface area contributed by atoms with E-state index < -0.39 is 0 Å². The third-order valence-corrected chi connectivity index (χ3v) is 4.24. The van der Waals surface area contributed by atoms with Gasteiger partial charge < -0.3 is 21.4 Å². The largest absolute Gasteiger partial charge is 0.391 e. The number of rotatable bonds is 17. The molecule has 0 radical (unpaired) electrons. The summed E-state index contributed by atoms with van der Waals surface area (Å²) in [6, 6.07) is 0. The summed E-state index contributed by atoms with van der Waals surface area (Å²) in [5.74, 6) is 0.669. The van der Waals surface area contributed by atoms with Crippen LogP contribution in [0.5, 0.6) is 0 Å². The lowest BCUT2D eigenvalue weighted by Gasteiger charge is -2.05. The fourth-order valence-corrected chi connectivity index (χ4v) is 2.65. The number of unbranched alkanes of at least 4 members (excludes halogenated alkanes) is 4. The number of anilines is 1. The molecule has 0 saturated heterocycles. The molecule has 4 N–H and O–H groups in total. The first kappa shape index (κ1) is 23.4. The number of nitrogens with one attached hydrogen (secondary N) is 4. The van der Waals surface area contributed by atoms with Gasteiger partial charge >= 0.3 is 0 Å². The lowest BCUT2D eigenvalue weighted by Crippen LogP contribution is -2.06. The fraction of sp³-hybridized carbons (Fsp3) is 0.476. The second-order valence-corrected chi connectivity index (χ2v) is 6.45. The Labute approximate surface area is 169 Å². The molecule has 0 aliphatic heterocycles. The molecule has 0 fully saturated rings. The van der Waals surface area contributed by atoms with E-state index in [1.165, 1.54) is 6.21 Å². The van der Waals surface area contributed by atoms with Crippen LogP contribution in [0.2, 0.25) is 0 Å². The van der Waals surface area contributed by atoms with Gasteiger partial charge in [-0.3, -0.25) is 0 Å². The Morgan fingerprint density at radius 3 is 2.79 bits per heavy atom. The lowest BCUT2D eigenvalue weighted by atomic mass is 10.1. The van der Waals surface area contributed by atoms with Crippen molar-refractivity contribution in [3.05, 3.63) is 36.8 Å². The van der Waals surface area contributed by atoms with Crippen LogP contribution in [0.4, 0.5) is 11.5 Å². The second kappa shape index (κ2) is 15.4. The zero-order chi connectivity index (χ0) is 20.5. The van der Waals surface area contributed by atoms with Crippen molar-refractivity contribution < 1.29 is 0 Å². The molecule has 0 aliphatic rings. The van der Waals surface area contributed by atoms with Crippen molar-refractivity contribution in [2.75, 3.05) is 25.5 Å². The summed E-state index contributed by atoms with van der Waals surface area (Å²) in [5, 5.41) is 21.4. The smallest absolute Gasteiger partial charge is 0.178 e. The van der Waals surface area contributed by atoms with Gasteiger partial charge in [-0.25, -0.2) is 9.67 Å². The minimum atomic E-state index is 0.669. The van der Waals surface area contributed by atoms with Crippen molar-refractivity contribution in [2.45, 2.75) is 44.9 Å². The third-order valence-electron chi connectivity index (χ3n) is 4.24. The standard InChI is InChI=1S/C21H35N7/c1-4-25-14-10-7-8-12-19(16-22)17-26-20-18-27-28(21(20)24-3)15-11-6-5-9-13-23-2/h4,11,15-18,22-23,25-26H,1,3,5-10,12-14H2,2H3/b15-11-,19-17-,22-16?. The number of hydrogen-bond acceptors (Lipinski definition) is 6. The van der Waals surface area contributed by atoms with Gasteiger partial charge in [-0.2, -0.15) is 5.10 Å². The molecule has 7 nitrogen and oxygen atoms in total. The number of allylic oxidation sites excluding steroid dienone is 2. The first-order chi connectivity index (χ1) is 13.8. The van der Waals surface area contributed by atoms with Crippen LogP contribution < -0.4 is 16.0 Å². The summed E-state index contributed by atoms with van der Waals surface area (Å²) in [6.07, 6.45) is 18.1. The quantitative estimate of drug-likeness (QED) is 0.237. The van der Waals surface area contributed by atoms with Gasteiger partial charge in [-0.15, -0.1) is 0 Å². The topological polar surface area (TPSA) is 90.1 Å². The van der Waals surface area contributed by atoms with Crippen molar-refractivity contribution in [2.24, 2.45) is 4.99 Å². The van der Waals surface area contributed by atoms with Gasteiger partial charge in [0.1, 0.15) is 5.69 Å². The van der Waals surface area contributed by atoms with E-state index in [-0.39, 0.29) is 0 Å². The molecule has 28 heavy (non-hydrogen) atoms. The second-order valence-electron chi connectivity index (χ2n) is 6.45. The highest BCUT2D eigenvalue weighted by Gasteiger charge is 2.06. The van der Waals surface area contributed by atoms with E-state index in [2.05, 4.69) is 45.4 Å². The average molecular weight is 386 g/mol. The Balaban J connectivity index is 2.53. The molecule has 0 aromatic carbocycles. The minimum absolute atomic E-state index is 0.669. The fourth-order valence-electron chi connectivity index (χ4n) is 2.65. The average Bonchev–Trinajstić information content (AvgIpc) is 3.11. The maximum Gasteiger partial charge on any atom is 0.178 e. The van der Waals surface area contributed by atoms with Crippen molar-refractivity contribution in [1.82, 2.24) is 20.4 Å². The molecule has 7 heteroatoms. The van der Waals surface area contributed by atoms with Crippen LogP contribution in [-0.2, 0) is 0 Å². The molecule has 1 aromatic rings. The maximum atomic E-state index is 7.60. The van der Waals surface area contributed by atoms with Crippen molar-refractivity contribution in [3.63, 3.8) is 0 Å². The van der Waals surface area contributed by atoms with Gasteiger partial charge in [-0.1, -0.05) is 19.1 Å². The summed E-state index contributed by atoms with van der Waals surface area (Å²) in [4.78, 5) is 4.09. The molecule has 0 spiro atoms. The first-order valence-corrected chi connectivity index (χ1v) is 9.92. The zero-order valence-corrected chi connectivity index (χ0v) is 17.1. The van der Waals surface area contributed by atoms with Crippen molar-refractivity contribution in [1.29, 1.82) is 5.41 Å². The number of aromatic nitrogens is 2. The predicted molar refractivity (Wildman–Crippen MR) is 122 cm³/mol. The summed E-state index contributed by atoms with van der Waals surface area (Å²) < 4.78 is 1.72. The summed E-state index contributed by atoms with van der Waals surface area (Å²) in [5.41, 5.74) is 1.73.